The van der Waals surface area contributed by atoms with Crippen molar-refractivity contribution in [1.82, 2.24) is 15.4 Å². The van der Waals surface area contributed by atoms with Crippen molar-refractivity contribution in [2.24, 2.45) is 5.10 Å². The molecule has 0 saturated heterocycles. The quantitative estimate of drug-likeness (QED) is 0.549. The second-order valence-electron chi connectivity index (χ2n) is 6.32. The number of amides is 1. The average Bonchev–Trinajstić information content (AvgIpc) is 2.63. The molecule has 0 unspecified atom stereocenters. The zero-order valence-corrected chi connectivity index (χ0v) is 14.7. The van der Waals surface area contributed by atoms with E-state index >= 15 is 0 Å². The second-order valence-corrected chi connectivity index (χ2v) is 6.32. The van der Waals surface area contributed by atoms with Crippen LogP contribution in [-0.2, 0) is 11.2 Å². The van der Waals surface area contributed by atoms with Gasteiger partial charge in [-0.2, -0.15) is 5.10 Å². The zero-order chi connectivity index (χ0) is 18.5. The summed E-state index contributed by atoms with van der Waals surface area (Å²) >= 11 is 0. The van der Waals surface area contributed by atoms with E-state index in [2.05, 4.69) is 34.3 Å². The lowest BCUT2D eigenvalue weighted by Crippen LogP contribution is -2.25. The lowest BCUT2D eigenvalue weighted by atomic mass is 10.0. The molecule has 1 heterocycles. The van der Waals surface area contributed by atoms with Crippen LogP contribution in [0.25, 0.3) is 11.0 Å². The van der Waals surface area contributed by atoms with Gasteiger partial charge in [0.2, 0.25) is 5.91 Å². The van der Waals surface area contributed by atoms with Gasteiger partial charge in [0.05, 0.1) is 23.7 Å². The Labute approximate surface area is 151 Å². The number of nitrogens with one attached hydrogen (secondary N) is 2. The van der Waals surface area contributed by atoms with E-state index in [4.69, 9.17) is 0 Å². The first-order valence-corrected chi connectivity index (χ1v) is 8.43. The van der Waals surface area contributed by atoms with Gasteiger partial charge >= 0.3 is 0 Å². The Balaban J connectivity index is 1.64. The molecule has 1 amide bonds. The van der Waals surface area contributed by atoms with Crippen LogP contribution in [0.2, 0.25) is 0 Å². The van der Waals surface area contributed by atoms with Gasteiger partial charge in [-0.3, -0.25) is 9.59 Å². The molecule has 0 aliphatic heterocycles. The van der Waals surface area contributed by atoms with E-state index in [9.17, 15) is 9.59 Å². The fourth-order valence-electron chi connectivity index (χ4n) is 2.52. The first-order valence-electron chi connectivity index (χ1n) is 8.43. The van der Waals surface area contributed by atoms with E-state index in [1.54, 1.807) is 18.3 Å². The van der Waals surface area contributed by atoms with Crippen LogP contribution >= 0.6 is 0 Å². The van der Waals surface area contributed by atoms with Crippen LogP contribution in [0, 0.1) is 0 Å². The molecule has 0 spiro atoms. The summed E-state index contributed by atoms with van der Waals surface area (Å²) < 4.78 is 0. The van der Waals surface area contributed by atoms with E-state index in [-0.39, 0.29) is 17.7 Å². The van der Waals surface area contributed by atoms with Gasteiger partial charge in [0.1, 0.15) is 5.69 Å². The van der Waals surface area contributed by atoms with Gasteiger partial charge in [-0.25, -0.2) is 10.4 Å². The van der Waals surface area contributed by atoms with E-state index in [0.29, 0.717) is 17.0 Å². The highest BCUT2D eigenvalue weighted by Gasteiger charge is 2.09. The van der Waals surface area contributed by atoms with Crippen LogP contribution in [-0.4, -0.2) is 22.1 Å². The average molecular weight is 348 g/mol. The summed E-state index contributed by atoms with van der Waals surface area (Å²) in [6.07, 6.45) is 1.43. The molecule has 0 atom stereocenters. The number of hydrogen-bond acceptors (Lipinski definition) is 4. The van der Waals surface area contributed by atoms with Crippen LogP contribution in [0.4, 0.5) is 0 Å². The van der Waals surface area contributed by atoms with Crippen molar-refractivity contribution in [1.29, 1.82) is 0 Å². The molecule has 0 aliphatic carbocycles. The minimum Gasteiger partial charge on any atom is -0.319 e. The maximum Gasteiger partial charge on any atom is 0.270 e. The molecule has 0 saturated carbocycles. The van der Waals surface area contributed by atoms with Gasteiger partial charge in [-0.15, -0.1) is 0 Å². The number of H-pyrrole nitrogens is 1. The molecule has 6 heteroatoms. The topological polar surface area (TPSA) is 87.2 Å². The minimum atomic E-state index is -0.395. The standard InChI is InChI=1S/C20H20N4O2/c1-13(2)15-9-7-14(8-10-15)12-21-24-19(25)11-18-20(26)23-17-6-4-3-5-16(17)22-18/h3-10,12-13H,11H2,1-2H3,(H,23,26)(H,24,25)/b21-12+. The molecular weight excluding hydrogens is 328 g/mol. The van der Waals surface area contributed by atoms with Crippen molar-refractivity contribution in [3.63, 3.8) is 0 Å². The van der Waals surface area contributed by atoms with Crippen molar-refractivity contribution in [2.45, 2.75) is 26.2 Å². The molecular formula is C20H20N4O2. The molecule has 2 aromatic carbocycles. The normalized spacial score (nSPS) is 11.3. The molecule has 1 aromatic heterocycles. The number of hydrogen-bond donors (Lipinski definition) is 2. The number of carbonyl (C=O) groups excluding carboxylic acids is 1. The number of benzene rings is 2. The van der Waals surface area contributed by atoms with Crippen molar-refractivity contribution >= 4 is 23.2 Å². The van der Waals surface area contributed by atoms with E-state index < -0.39 is 5.91 Å². The molecule has 0 radical (unpaired) electrons. The third kappa shape index (κ3) is 4.22. The van der Waals surface area contributed by atoms with Gasteiger partial charge < -0.3 is 4.98 Å². The van der Waals surface area contributed by atoms with Gasteiger partial charge in [0.25, 0.3) is 5.56 Å². The Morgan fingerprint density at radius 3 is 2.65 bits per heavy atom. The molecule has 2 N–H and O–H groups in total. The van der Waals surface area contributed by atoms with E-state index in [1.807, 2.05) is 36.4 Å². The van der Waals surface area contributed by atoms with Crippen molar-refractivity contribution < 1.29 is 4.79 Å². The summed E-state index contributed by atoms with van der Waals surface area (Å²) in [7, 11) is 0. The molecule has 6 nitrogen and oxygen atoms in total. The Bertz CT molecular complexity index is 1000. The fourth-order valence-corrected chi connectivity index (χ4v) is 2.52. The highest BCUT2D eigenvalue weighted by molar-refractivity contribution is 5.83. The van der Waals surface area contributed by atoms with Gasteiger partial charge in [0.15, 0.2) is 0 Å². The summed E-state index contributed by atoms with van der Waals surface area (Å²) in [5.74, 6) is 0.0709. The second kappa shape index (κ2) is 7.74. The van der Waals surface area contributed by atoms with E-state index in [0.717, 1.165) is 5.56 Å². The predicted molar refractivity (Wildman–Crippen MR) is 102 cm³/mol. The van der Waals surface area contributed by atoms with Crippen molar-refractivity contribution in [2.75, 3.05) is 0 Å². The number of fused-ring (bicyclic) bond motifs is 1. The number of aromatic nitrogens is 2. The summed E-state index contributed by atoms with van der Waals surface area (Å²) in [6, 6.07) is 15.1. The Kier molecular flexibility index (Phi) is 5.22. The molecule has 3 aromatic rings. The van der Waals surface area contributed by atoms with Crippen molar-refractivity contribution in [3.8, 4) is 0 Å². The lowest BCUT2D eigenvalue weighted by Gasteiger charge is -2.04. The van der Waals surface area contributed by atoms with Gasteiger partial charge in [-0.05, 0) is 29.2 Å². The SMILES string of the molecule is CC(C)c1ccc(/C=N/NC(=O)Cc2nc3ccccc3[nH]c2=O)cc1. The lowest BCUT2D eigenvalue weighted by molar-refractivity contribution is -0.120. The van der Waals surface area contributed by atoms with Gasteiger partial charge in [-0.1, -0.05) is 50.2 Å². The number of nitrogens with zero attached hydrogens (tertiary/aromatic N) is 2. The van der Waals surface area contributed by atoms with Crippen LogP contribution < -0.4 is 11.0 Å². The number of aromatic amines is 1. The van der Waals surface area contributed by atoms with Gasteiger partial charge in [0, 0.05) is 0 Å². The largest absolute Gasteiger partial charge is 0.319 e. The Hall–Kier alpha value is -3.28. The van der Waals surface area contributed by atoms with Crippen molar-refractivity contribution in [3.05, 3.63) is 75.7 Å². The molecule has 0 fully saturated rings. The van der Waals surface area contributed by atoms with E-state index in [1.165, 1.54) is 5.56 Å². The third-order valence-corrected chi connectivity index (χ3v) is 4.00. The summed E-state index contributed by atoms with van der Waals surface area (Å²) in [4.78, 5) is 31.0. The minimum absolute atomic E-state index is 0.135. The molecule has 0 aliphatic rings. The summed E-state index contributed by atoms with van der Waals surface area (Å²) in [5.41, 5.74) is 5.64. The maximum atomic E-state index is 12.0. The first kappa shape index (κ1) is 17.5. The van der Waals surface area contributed by atoms with Crippen LogP contribution in [0.15, 0.2) is 58.4 Å². The first-order chi connectivity index (χ1) is 12.5. The highest BCUT2D eigenvalue weighted by Crippen LogP contribution is 2.13. The van der Waals surface area contributed by atoms with Crippen LogP contribution in [0.5, 0.6) is 0 Å². The maximum absolute atomic E-state index is 12.0. The Morgan fingerprint density at radius 2 is 1.92 bits per heavy atom. The molecule has 0 bridgehead atoms. The molecule has 3 rings (SSSR count). The van der Waals surface area contributed by atoms with Crippen LogP contribution in [0.1, 0.15) is 36.6 Å². The third-order valence-electron chi connectivity index (χ3n) is 4.00. The number of rotatable bonds is 5. The smallest absolute Gasteiger partial charge is 0.270 e. The molecule has 132 valence electrons. The summed E-state index contributed by atoms with van der Waals surface area (Å²) in [5, 5.41) is 3.94. The number of hydrazone groups is 1. The summed E-state index contributed by atoms with van der Waals surface area (Å²) in [6.45, 7) is 4.26. The van der Waals surface area contributed by atoms with Crippen LogP contribution in [0.3, 0.4) is 0 Å². The number of para-hydroxylation sites is 2. The monoisotopic (exact) mass is 348 g/mol. The Morgan fingerprint density at radius 1 is 1.19 bits per heavy atom. The molecule has 26 heavy (non-hydrogen) atoms. The fraction of sp³-hybridized carbons (Fsp3) is 0.200. The zero-order valence-electron chi connectivity index (χ0n) is 14.7. The predicted octanol–water partition coefficient (Wildman–Crippen LogP) is 2.74. The highest BCUT2D eigenvalue weighted by atomic mass is 16.2. The number of carbonyl (C=O) groups is 1.